The van der Waals surface area contributed by atoms with Crippen LogP contribution in [0, 0.1) is 0 Å². The molecule has 0 saturated heterocycles. The second-order valence-corrected chi connectivity index (χ2v) is 8.29. The molecule has 0 heterocycles. The molecule has 6 nitrogen and oxygen atoms in total. The Bertz CT molecular complexity index is 885. The summed E-state index contributed by atoms with van der Waals surface area (Å²) in [7, 11) is -2.23. The van der Waals surface area contributed by atoms with E-state index in [0.29, 0.717) is 10.8 Å². The Labute approximate surface area is 165 Å². The van der Waals surface area contributed by atoms with Crippen molar-refractivity contribution >= 4 is 27.5 Å². The van der Waals surface area contributed by atoms with Gasteiger partial charge in [0.2, 0.25) is 15.9 Å². The number of nitrogens with one attached hydrogen (secondary N) is 1. The minimum absolute atomic E-state index is 0.0966. The zero-order chi connectivity index (χ0) is 20.0. The van der Waals surface area contributed by atoms with Crippen LogP contribution >= 0.6 is 11.6 Å². The molecule has 2 rings (SSSR count). The minimum Gasteiger partial charge on any atom is -0.496 e. The summed E-state index contributed by atoms with van der Waals surface area (Å²) in [6.07, 6.45) is 0. The molecule has 0 aliphatic rings. The molecule has 2 aromatic rings. The van der Waals surface area contributed by atoms with Gasteiger partial charge in [-0.15, -0.1) is 0 Å². The van der Waals surface area contributed by atoms with E-state index < -0.39 is 15.9 Å². The number of hydrogen-bond acceptors (Lipinski definition) is 4. The highest BCUT2D eigenvalue weighted by Gasteiger charge is 2.26. The van der Waals surface area contributed by atoms with Crippen LogP contribution in [0.2, 0.25) is 5.02 Å². The van der Waals surface area contributed by atoms with E-state index in [2.05, 4.69) is 5.32 Å². The fourth-order valence-electron chi connectivity index (χ4n) is 2.67. The fraction of sp³-hybridized carbons (Fsp3) is 0.316. The van der Waals surface area contributed by atoms with Crippen molar-refractivity contribution in [1.29, 1.82) is 0 Å². The van der Waals surface area contributed by atoms with Crippen LogP contribution in [0.1, 0.15) is 25.5 Å². The number of nitrogens with zero attached hydrogens (tertiary/aromatic N) is 1. The van der Waals surface area contributed by atoms with Crippen LogP contribution in [0.5, 0.6) is 5.75 Å². The Hall–Kier alpha value is -2.09. The van der Waals surface area contributed by atoms with Crippen LogP contribution in [-0.2, 0) is 14.8 Å². The predicted molar refractivity (Wildman–Crippen MR) is 105 cm³/mol. The first-order valence-electron chi connectivity index (χ1n) is 8.47. The number of rotatable bonds is 8. The third-order valence-electron chi connectivity index (χ3n) is 4.11. The van der Waals surface area contributed by atoms with Crippen molar-refractivity contribution in [3.05, 3.63) is 59.1 Å². The number of carbonyl (C=O) groups excluding carboxylic acids is 1. The topological polar surface area (TPSA) is 75.7 Å². The Morgan fingerprint density at radius 3 is 2.41 bits per heavy atom. The van der Waals surface area contributed by atoms with Gasteiger partial charge in [-0.1, -0.05) is 36.7 Å². The summed E-state index contributed by atoms with van der Waals surface area (Å²) in [5, 5.41) is 3.27. The van der Waals surface area contributed by atoms with Crippen molar-refractivity contribution in [2.75, 3.05) is 20.2 Å². The smallest absolute Gasteiger partial charge is 0.243 e. The molecule has 1 N–H and O–H groups in total. The van der Waals surface area contributed by atoms with Crippen molar-refractivity contribution in [3.8, 4) is 5.75 Å². The Morgan fingerprint density at radius 1 is 1.19 bits per heavy atom. The van der Waals surface area contributed by atoms with Gasteiger partial charge in [0.25, 0.3) is 0 Å². The summed E-state index contributed by atoms with van der Waals surface area (Å²) in [5.41, 5.74) is 0.817. The maximum Gasteiger partial charge on any atom is 0.243 e. The van der Waals surface area contributed by atoms with Crippen molar-refractivity contribution in [2.45, 2.75) is 24.8 Å². The van der Waals surface area contributed by atoms with Gasteiger partial charge in [-0.05, 0) is 37.3 Å². The van der Waals surface area contributed by atoms with E-state index in [1.165, 1.54) is 24.3 Å². The molecule has 1 atom stereocenters. The molecule has 8 heteroatoms. The zero-order valence-electron chi connectivity index (χ0n) is 15.5. The summed E-state index contributed by atoms with van der Waals surface area (Å²) in [4.78, 5) is 12.5. The first kappa shape index (κ1) is 21.2. The number of carbonyl (C=O) groups is 1. The first-order chi connectivity index (χ1) is 12.8. The van der Waals surface area contributed by atoms with Crippen molar-refractivity contribution in [2.24, 2.45) is 0 Å². The van der Waals surface area contributed by atoms with Crippen molar-refractivity contribution in [3.63, 3.8) is 0 Å². The predicted octanol–water partition coefficient (Wildman–Crippen LogP) is 3.24. The Morgan fingerprint density at radius 2 is 1.81 bits per heavy atom. The normalized spacial score (nSPS) is 12.6. The highest BCUT2D eigenvalue weighted by molar-refractivity contribution is 7.89. The van der Waals surface area contributed by atoms with Gasteiger partial charge in [0, 0.05) is 17.1 Å². The van der Waals surface area contributed by atoms with Gasteiger partial charge in [0.15, 0.2) is 0 Å². The third-order valence-corrected chi connectivity index (χ3v) is 6.29. The second-order valence-electron chi connectivity index (χ2n) is 5.92. The highest BCUT2D eigenvalue weighted by Crippen LogP contribution is 2.24. The molecule has 0 spiro atoms. The minimum atomic E-state index is -3.79. The average molecular weight is 411 g/mol. The molecule has 0 fully saturated rings. The molecule has 1 unspecified atom stereocenters. The Kier molecular flexibility index (Phi) is 7.24. The van der Waals surface area contributed by atoms with Gasteiger partial charge in [0.05, 0.1) is 24.6 Å². The summed E-state index contributed by atoms with van der Waals surface area (Å²) in [6.45, 7) is 3.40. The quantitative estimate of drug-likeness (QED) is 0.724. The van der Waals surface area contributed by atoms with Gasteiger partial charge in [-0.3, -0.25) is 4.79 Å². The number of amides is 1. The molecule has 0 bridgehead atoms. The number of para-hydroxylation sites is 1. The van der Waals surface area contributed by atoms with E-state index in [4.69, 9.17) is 16.3 Å². The molecule has 0 saturated carbocycles. The second kappa shape index (κ2) is 9.21. The van der Waals surface area contributed by atoms with Crippen LogP contribution < -0.4 is 10.1 Å². The molecular weight excluding hydrogens is 388 g/mol. The average Bonchev–Trinajstić information content (AvgIpc) is 2.66. The van der Waals surface area contributed by atoms with Crippen LogP contribution in [0.4, 0.5) is 0 Å². The van der Waals surface area contributed by atoms with Gasteiger partial charge in [-0.25, -0.2) is 8.42 Å². The van der Waals surface area contributed by atoms with Crippen LogP contribution in [-0.4, -0.2) is 38.8 Å². The standard InChI is InChI=1S/C19H23ClN2O4S/c1-4-22(27(24,25)16-11-9-15(20)10-12-16)13-19(23)21-14(2)17-7-5-6-8-18(17)26-3/h5-12,14H,4,13H2,1-3H3,(H,21,23). The summed E-state index contributed by atoms with van der Waals surface area (Å²) >= 11 is 5.82. The van der Waals surface area contributed by atoms with Gasteiger partial charge in [-0.2, -0.15) is 4.31 Å². The monoisotopic (exact) mass is 410 g/mol. The Balaban J connectivity index is 2.11. The lowest BCUT2D eigenvalue weighted by atomic mass is 10.1. The number of halogens is 1. The van der Waals surface area contributed by atoms with Crippen LogP contribution in [0.3, 0.4) is 0 Å². The summed E-state index contributed by atoms with van der Waals surface area (Å²) < 4.78 is 31.9. The van der Waals surface area contributed by atoms with E-state index in [1.54, 1.807) is 20.1 Å². The van der Waals surface area contributed by atoms with E-state index in [9.17, 15) is 13.2 Å². The number of hydrogen-bond donors (Lipinski definition) is 1. The van der Waals surface area contributed by atoms with E-state index in [0.717, 1.165) is 9.87 Å². The molecule has 0 radical (unpaired) electrons. The van der Waals surface area contributed by atoms with Crippen LogP contribution in [0.25, 0.3) is 0 Å². The SMILES string of the molecule is CCN(CC(=O)NC(C)c1ccccc1OC)S(=O)(=O)c1ccc(Cl)cc1. The van der Waals surface area contributed by atoms with Crippen molar-refractivity contribution < 1.29 is 17.9 Å². The number of methoxy groups -OCH3 is 1. The lowest BCUT2D eigenvalue weighted by molar-refractivity contribution is -0.121. The third kappa shape index (κ3) is 5.22. The number of benzene rings is 2. The molecular formula is C19H23ClN2O4S. The van der Waals surface area contributed by atoms with E-state index in [-0.39, 0.29) is 24.0 Å². The maximum absolute atomic E-state index is 12.7. The maximum atomic E-state index is 12.7. The molecule has 1 amide bonds. The van der Waals surface area contributed by atoms with Crippen molar-refractivity contribution in [1.82, 2.24) is 9.62 Å². The number of ether oxygens (including phenoxy) is 1. The lowest BCUT2D eigenvalue weighted by Gasteiger charge is -2.22. The zero-order valence-corrected chi connectivity index (χ0v) is 17.0. The molecule has 146 valence electrons. The molecule has 0 aliphatic heterocycles. The first-order valence-corrected chi connectivity index (χ1v) is 10.3. The van der Waals surface area contributed by atoms with Gasteiger partial charge >= 0.3 is 0 Å². The molecule has 0 aromatic heterocycles. The molecule has 2 aromatic carbocycles. The number of sulfonamides is 1. The summed E-state index contributed by atoms with van der Waals surface area (Å²) in [5.74, 6) is 0.263. The molecule has 0 aliphatic carbocycles. The van der Waals surface area contributed by atoms with E-state index in [1.807, 2.05) is 25.1 Å². The largest absolute Gasteiger partial charge is 0.496 e. The van der Waals surface area contributed by atoms with E-state index >= 15 is 0 Å². The van der Waals surface area contributed by atoms with Crippen LogP contribution in [0.15, 0.2) is 53.4 Å². The number of likely N-dealkylation sites (N-methyl/N-ethyl adjacent to an activating group) is 1. The van der Waals surface area contributed by atoms with Gasteiger partial charge in [0.1, 0.15) is 5.75 Å². The molecule has 27 heavy (non-hydrogen) atoms. The lowest BCUT2D eigenvalue weighted by Crippen LogP contribution is -2.41. The summed E-state index contributed by atoms with van der Waals surface area (Å²) in [6, 6.07) is 12.9. The fourth-order valence-corrected chi connectivity index (χ4v) is 4.20. The van der Waals surface area contributed by atoms with Gasteiger partial charge < -0.3 is 10.1 Å². The highest BCUT2D eigenvalue weighted by atomic mass is 35.5.